The Bertz CT molecular complexity index is 772. The first-order chi connectivity index (χ1) is 13.0. The Balaban J connectivity index is 1.37. The topological polar surface area (TPSA) is 61.4 Å². The summed E-state index contributed by atoms with van der Waals surface area (Å²) in [5.74, 6) is -0.487. The number of aryl methyl sites for hydroxylation is 1. The normalized spacial score (nSPS) is 17.9. The zero-order chi connectivity index (χ0) is 19.2. The Morgan fingerprint density at radius 2 is 1.63 bits per heavy atom. The molecule has 2 unspecified atom stereocenters. The smallest absolute Gasteiger partial charge is 0.228 e. The summed E-state index contributed by atoms with van der Waals surface area (Å²) in [6, 6.07) is 17.9. The maximum Gasteiger partial charge on any atom is 0.228 e. The summed E-state index contributed by atoms with van der Waals surface area (Å²) in [6.07, 6.45) is 2.47. The van der Waals surface area contributed by atoms with Gasteiger partial charge in [0.05, 0.1) is 11.8 Å². The molecule has 1 aliphatic carbocycles. The van der Waals surface area contributed by atoms with E-state index in [2.05, 4.69) is 22.8 Å². The zero-order valence-electron chi connectivity index (χ0n) is 15.9. The molecule has 2 N–H and O–H groups in total. The average molecular weight is 365 g/mol. The van der Waals surface area contributed by atoms with Gasteiger partial charge in [0.15, 0.2) is 0 Å². The lowest BCUT2D eigenvalue weighted by Gasteiger charge is -2.13. The van der Waals surface area contributed by atoms with Crippen molar-refractivity contribution < 1.29 is 9.59 Å². The number of anilines is 2. The van der Waals surface area contributed by atoms with Gasteiger partial charge in [-0.3, -0.25) is 9.59 Å². The molecule has 27 heavy (non-hydrogen) atoms. The summed E-state index contributed by atoms with van der Waals surface area (Å²) in [4.78, 5) is 26.5. The number of benzene rings is 2. The fourth-order valence-electron chi connectivity index (χ4n) is 3.13. The van der Waals surface area contributed by atoms with Crippen LogP contribution in [0.15, 0.2) is 54.6 Å². The first kappa shape index (κ1) is 19.0. The van der Waals surface area contributed by atoms with Gasteiger partial charge in [0.2, 0.25) is 11.8 Å². The van der Waals surface area contributed by atoms with Gasteiger partial charge in [-0.1, -0.05) is 30.3 Å². The fourth-order valence-corrected chi connectivity index (χ4v) is 3.13. The molecule has 1 aliphatic rings. The van der Waals surface area contributed by atoms with E-state index in [1.54, 1.807) is 0 Å². The summed E-state index contributed by atoms with van der Waals surface area (Å²) < 4.78 is 0. The van der Waals surface area contributed by atoms with E-state index in [-0.39, 0.29) is 23.7 Å². The van der Waals surface area contributed by atoms with E-state index >= 15 is 0 Å². The summed E-state index contributed by atoms with van der Waals surface area (Å²) in [5, 5.41) is 5.87. The number of rotatable bonds is 8. The number of carbonyl (C=O) groups is 2. The number of amides is 2. The van der Waals surface area contributed by atoms with Gasteiger partial charge in [-0.2, -0.15) is 0 Å². The van der Waals surface area contributed by atoms with Crippen molar-refractivity contribution in [1.29, 1.82) is 0 Å². The molecular formula is C22H27N3O2. The van der Waals surface area contributed by atoms with Crippen LogP contribution in [0.1, 0.15) is 18.4 Å². The van der Waals surface area contributed by atoms with Crippen LogP contribution in [0.25, 0.3) is 0 Å². The first-order valence-electron chi connectivity index (χ1n) is 9.44. The van der Waals surface area contributed by atoms with Crippen LogP contribution in [-0.2, 0) is 16.0 Å². The van der Waals surface area contributed by atoms with Crippen LogP contribution in [0.2, 0.25) is 0 Å². The van der Waals surface area contributed by atoms with E-state index in [1.807, 2.05) is 61.5 Å². The molecule has 0 radical (unpaired) electrons. The van der Waals surface area contributed by atoms with Crippen LogP contribution >= 0.6 is 0 Å². The molecule has 3 rings (SSSR count). The SMILES string of the molecule is CN(C)c1ccc(NC(=O)C2CC2C(=O)NCCCc2ccccc2)cc1. The Kier molecular flexibility index (Phi) is 6.12. The molecule has 2 aromatic carbocycles. The van der Waals surface area contributed by atoms with Gasteiger partial charge < -0.3 is 15.5 Å². The largest absolute Gasteiger partial charge is 0.378 e. The van der Waals surface area contributed by atoms with Crippen molar-refractivity contribution in [3.05, 3.63) is 60.2 Å². The van der Waals surface area contributed by atoms with Crippen molar-refractivity contribution in [2.24, 2.45) is 11.8 Å². The Labute approximate surface area is 160 Å². The molecule has 2 aromatic rings. The summed E-state index contributed by atoms with van der Waals surface area (Å²) in [7, 11) is 3.95. The van der Waals surface area contributed by atoms with Crippen LogP contribution in [0.4, 0.5) is 11.4 Å². The molecule has 0 spiro atoms. The Morgan fingerprint density at radius 3 is 2.30 bits per heavy atom. The van der Waals surface area contributed by atoms with Gasteiger partial charge in [-0.25, -0.2) is 0 Å². The molecule has 1 fully saturated rings. The van der Waals surface area contributed by atoms with Gasteiger partial charge in [0, 0.05) is 32.0 Å². The van der Waals surface area contributed by atoms with Crippen LogP contribution in [-0.4, -0.2) is 32.5 Å². The molecule has 2 atom stereocenters. The van der Waals surface area contributed by atoms with Crippen molar-refractivity contribution in [2.45, 2.75) is 19.3 Å². The quantitative estimate of drug-likeness (QED) is 0.707. The minimum absolute atomic E-state index is 0.00818. The van der Waals surface area contributed by atoms with Gasteiger partial charge in [0.25, 0.3) is 0 Å². The standard InChI is InChI=1S/C22H27N3O2/c1-25(2)18-12-10-17(11-13-18)24-22(27)20-15-19(20)21(26)23-14-6-9-16-7-4-3-5-8-16/h3-5,7-8,10-13,19-20H,6,9,14-15H2,1-2H3,(H,23,26)(H,24,27). The second-order valence-electron chi connectivity index (χ2n) is 7.26. The lowest BCUT2D eigenvalue weighted by Crippen LogP contribution is -2.28. The van der Waals surface area contributed by atoms with Crippen LogP contribution < -0.4 is 15.5 Å². The Hall–Kier alpha value is -2.82. The molecule has 1 saturated carbocycles. The summed E-state index contributed by atoms with van der Waals surface area (Å²) in [5.41, 5.74) is 3.11. The molecule has 0 bridgehead atoms. The maximum absolute atomic E-state index is 12.3. The van der Waals surface area contributed by atoms with Crippen molar-refractivity contribution >= 4 is 23.2 Å². The summed E-state index contributed by atoms with van der Waals surface area (Å²) in [6.45, 7) is 0.643. The van der Waals surface area contributed by atoms with Crippen molar-refractivity contribution in [3.8, 4) is 0 Å². The second kappa shape index (κ2) is 8.71. The molecule has 0 aromatic heterocycles. The maximum atomic E-state index is 12.3. The highest BCUT2D eigenvalue weighted by Crippen LogP contribution is 2.39. The number of hydrogen-bond donors (Lipinski definition) is 2. The highest BCUT2D eigenvalue weighted by molar-refractivity contribution is 5.99. The number of hydrogen-bond acceptors (Lipinski definition) is 3. The fraction of sp³-hybridized carbons (Fsp3) is 0.364. The van der Waals surface area contributed by atoms with E-state index in [9.17, 15) is 9.59 Å². The van der Waals surface area contributed by atoms with Gasteiger partial charge in [0.1, 0.15) is 0 Å². The van der Waals surface area contributed by atoms with E-state index in [1.165, 1.54) is 5.56 Å². The third kappa shape index (κ3) is 5.33. The molecule has 2 amide bonds. The van der Waals surface area contributed by atoms with Gasteiger partial charge in [-0.15, -0.1) is 0 Å². The van der Waals surface area contributed by atoms with Gasteiger partial charge >= 0.3 is 0 Å². The molecular weight excluding hydrogens is 338 g/mol. The molecule has 5 nitrogen and oxygen atoms in total. The predicted octanol–water partition coefficient (Wildman–Crippen LogP) is 3.08. The minimum Gasteiger partial charge on any atom is -0.378 e. The number of nitrogens with one attached hydrogen (secondary N) is 2. The molecule has 142 valence electrons. The van der Waals surface area contributed by atoms with Crippen LogP contribution in [0, 0.1) is 11.8 Å². The predicted molar refractivity (Wildman–Crippen MR) is 109 cm³/mol. The van der Waals surface area contributed by atoms with E-state index in [0.29, 0.717) is 13.0 Å². The monoisotopic (exact) mass is 365 g/mol. The number of nitrogens with zero attached hydrogens (tertiary/aromatic N) is 1. The second-order valence-corrected chi connectivity index (χ2v) is 7.26. The van der Waals surface area contributed by atoms with E-state index in [0.717, 1.165) is 24.2 Å². The molecule has 0 saturated heterocycles. The summed E-state index contributed by atoms with van der Waals surface area (Å²) >= 11 is 0. The average Bonchev–Trinajstić information content (AvgIpc) is 3.47. The van der Waals surface area contributed by atoms with Crippen LogP contribution in [0.3, 0.4) is 0 Å². The van der Waals surface area contributed by atoms with Crippen molar-refractivity contribution in [1.82, 2.24) is 5.32 Å². The van der Waals surface area contributed by atoms with Crippen LogP contribution in [0.5, 0.6) is 0 Å². The highest BCUT2D eigenvalue weighted by atomic mass is 16.2. The van der Waals surface area contributed by atoms with E-state index in [4.69, 9.17) is 0 Å². The van der Waals surface area contributed by atoms with Gasteiger partial charge in [-0.05, 0) is 49.1 Å². The number of carbonyl (C=O) groups excluding carboxylic acids is 2. The molecule has 0 aliphatic heterocycles. The van der Waals surface area contributed by atoms with Crippen molar-refractivity contribution in [3.63, 3.8) is 0 Å². The van der Waals surface area contributed by atoms with E-state index < -0.39 is 0 Å². The first-order valence-corrected chi connectivity index (χ1v) is 9.44. The van der Waals surface area contributed by atoms with Crippen molar-refractivity contribution in [2.75, 3.05) is 30.9 Å². The third-order valence-electron chi connectivity index (χ3n) is 4.90. The molecule has 0 heterocycles. The highest BCUT2D eigenvalue weighted by Gasteiger charge is 2.47. The minimum atomic E-state index is -0.215. The zero-order valence-corrected chi connectivity index (χ0v) is 15.9. The lowest BCUT2D eigenvalue weighted by atomic mass is 10.1. The lowest BCUT2D eigenvalue weighted by molar-refractivity contribution is -0.125. The third-order valence-corrected chi connectivity index (χ3v) is 4.90. The Morgan fingerprint density at radius 1 is 0.963 bits per heavy atom. The molecule has 5 heteroatoms.